The predicted octanol–water partition coefficient (Wildman–Crippen LogP) is 4.20. The summed E-state index contributed by atoms with van der Waals surface area (Å²) in [6.45, 7) is 4.65. The lowest BCUT2D eigenvalue weighted by Gasteiger charge is -2.13. The highest BCUT2D eigenvalue weighted by molar-refractivity contribution is 7.99. The van der Waals surface area contributed by atoms with Crippen LogP contribution in [0.4, 0.5) is 10.2 Å². The highest BCUT2D eigenvalue weighted by Crippen LogP contribution is 2.29. The number of rotatable bonds is 9. The fraction of sp³-hybridized carbons (Fsp3) is 0.261. The smallest absolute Gasteiger partial charge is 0.238 e. The van der Waals surface area contributed by atoms with E-state index in [-0.39, 0.29) is 16.3 Å². The zero-order chi connectivity index (χ0) is 24.0. The van der Waals surface area contributed by atoms with Crippen LogP contribution < -0.4 is 10.5 Å². The third-order valence-corrected chi connectivity index (χ3v) is 6.83. The summed E-state index contributed by atoms with van der Waals surface area (Å²) in [6, 6.07) is 14.3. The molecule has 0 spiro atoms. The van der Waals surface area contributed by atoms with E-state index < -0.39 is 10.0 Å². The Balaban J connectivity index is 1.86. The van der Waals surface area contributed by atoms with Crippen LogP contribution in [0.15, 0.2) is 58.6 Å². The number of halogens is 1. The first-order valence-corrected chi connectivity index (χ1v) is 12.8. The van der Waals surface area contributed by atoms with Gasteiger partial charge in [-0.2, -0.15) is 5.26 Å². The average Bonchev–Trinajstić information content (AvgIpc) is 2.77. The van der Waals surface area contributed by atoms with Crippen LogP contribution in [0, 0.1) is 23.1 Å². The molecule has 0 atom stereocenters. The molecule has 3 rings (SSSR count). The van der Waals surface area contributed by atoms with E-state index in [1.165, 1.54) is 36.0 Å². The number of sulfonamides is 1. The Kier molecular flexibility index (Phi) is 8.02. The standard InChI is InChI=1S/C23H24FN5O2S2/c1-15(2)14-32-23-28-21(17-5-7-18(24)8-6-17)20(13-25)22(29-23)27-12-11-16-3-9-19(10-4-16)33(26,30)31/h3-10,15H,11-12,14H2,1-2H3,(H2,26,30,31)(H,27,28,29). The predicted molar refractivity (Wildman–Crippen MR) is 128 cm³/mol. The van der Waals surface area contributed by atoms with Gasteiger partial charge in [0.05, 0.1) is 10.6 Å². The van der Waals surface area contributed by atoms with Crippen molar-refractivity contribution in [2.24, 2.45) is 11.1 Å². The molecule has 172 valence electrons. The lowest BCUT2D eigenvalue weighted by molar-refractivity contribution is 0.597. The number of anilines is 1. The van der Waals surface area contributed by atoms with E-state index in [0.29, 0.717) is 41.1 Å². The summed E-state index contributed by atoms with van der Waals surface area (Å²) >= 11 is 1.49. The lowest BCUT2D eigenvalue weighted by atomic mass is 10.1. The van der Waals surface area contributed by atoms with Crippen molar-refractivity contribution >= 4 is 27.6 Å². The van der Waals surface area contributed by atoms with Crippen LogP contribution in [0.3, 0.4) is 0 Å². The normalized spacial score (nSPS) is 11.4. The Bertz CT molecular complexity index is 1260. The van der Waals surface area contributed by atoms with Crippen LogP contribution in [0.1, 0.15) is 25.0 Å². The topological polar surface area (TPSA) is 122 Å². The first kappa shape index (κ1) is 24.6. The average molecular weight is 486 g/mol. The monoisotopic (exact) mass is 485 g/mol. The van der Waals surface area contributed by atoms with Gasteiger partial charge in [-0.15, -0.1) is 0 Å². The number of nitriles is 1. The molecule has 3 aromatic rings. The molecule has 1 aromatic heterocycles. The van der Waals surface area contributed by atoms with E-state index in [1.807, 2.05) is 0 Å². The number of hydrogen-bond donors (Lipinski definition) is 2. The van der Waals surface area contributed by atoms with Gasteiger partial charge in [-0.1, -0.05) is 37.7 Å². The van der Waals surface area contributed by atoms with Crippen LogP contribution in [0.25, 0.3) is 11.3 Å². The molecule has 0 amide bonds. The Hall–Kier alpha value is -3.00. The maximum Gasteiger partial charge on any atom is 0.238 e. The number of nitrogens with two attached hydrogens (primary N) is 1. The van der Waals surface area contributed by atoms with E-state index in [1.54, 1.807) is 24.3 Å². The van der Waals surface area contributed by atoms with E-state index in [9.17, 15) is 18.1 Å². The van der Waals surface area contributed by atoms with E-state index in [2.05, 4.69) is 35.2 Å². The molecular formula is C23H24FN5O2S2. The quantitative estimate of drug-likeness (QED) is 0.344. The number of hydrogen-bond acceptors (Lipinski definition) is 7. The maximum atomic E-state index is 13.4. The maximum absolute atomic E-state index is 13.4. The van der Waals surface area contributed by atoms with Gasteiger partial charge in [0, 0.05) is 17.9 Å². The zero-order valence-corrected chi connectivity index (χ0v) is 19.9. The van der Waals surface area contributed by atoms with Crippen LogP contribution in [-0.4, -0.2) is 30.7 Å². The minimum atomic E-state index is -3.74. The molecule has 2 aromatic carbocycles. The summed E-state index contributed by atoms with van der Waals surface area (Å²) in [4.78, 5) is 9.17. The van der Waals surface area contributed by atoms with Crippen LogP contribution >= 0.6 is 11.8 Å². The molecule has 0 aliphatic carbocycles. The third kappa shape index (κ3) is 6.74. The van der Waals surface area contributed by atoms with Gasteiger partial charge in [-0.05, 0) is 54.3 Å². The molecule has 0 saturated carbocycles. The highest BCUT2D eigenvalue weighted by Gasteiger charge is 2.17. The minimum absolute atomic E-state index is 0.0533. The Morgan fingerprint density at radius 2 is 1.79 bits per heavy atom. The van der Waals surface area contributed by atoms with Gasteiger partial charge in [0.2, 0.25) is 10.0 Å². The van der Waals surface area contributed by atoms with Gasteiger partial charge in [-0.25, -0.2) is 27.9 Å². The van der Waals surface area contributed by atoms with Gasteiger partial charge < -0.3 is 5.32 Å². The summed E-state index contributed by atoms with van der Waals surface area (Å²) in [6.07, 6.45) is 0.570. The van der Waals surface area contributed by atoms with Crippen molar-refractivity contribution in [2.45, 2.75) is 30.3 Å². The van der Waals surface area contributed by atoms with Crippen LogP contribution in [0.5, 0.6) is 0 Å². The molecule has 0 fully saturated rings. The van der Waals surface area contributed by atoms with Crippen molar-refractivity contribution in [3.63, 3.8) is 0 Å². The van der Waals surface area contributed by atoms with Crippen LogP contribution in [-0.2, 0) is 16.4 Å². The molecule has 0 radical (unpaired) electrons. The van der Waals surface area contributed by atoms with Gasteiger partial charge in [-0.3, -0.25) is 0 Å². The first-order valence-electron chi connectivity index (χ1n) is 10.2. The summed E-state index contributed by atoms with van der Waals surface area (Å²) in [7, 11) is -3.74. The van der Waals surface area contributed by atoms with Gasteiger partial charge in [0.25, 0.3) is 0 Å². The molecule has 33 heavy (non-hydrogen) atoms. The lowest BCUT2D eigenvalue weighted by Crippen LogP contribution is -2.12. The number of primary sulfonamides is 1. The molecule has 0 aliphatic heterocycles. The molecule has 0 saturated heterocycles. The Morgan fingerprint density at radius 3 is 2.36 bits per heavy atom. The SMILES string of the molecule is CC(C)CSc1nc(NCCc2ccc(S(N)(=O)=O)cc2)c(C#N)c(-c2ccc(F)cc2)n1. The molecule has 0 unspecified atom stereocenters. The Morgan fingerprint density at radius 1 is 1.12 bits per heavy atom. The van der Waals surface area contributed by atoms with Gasteiger partial charge in [0.1, 0.15) is 23.3 Å². The van der Waals surface area contributed by atoms with E-state index in [0.717, 1.165) is 11.3 Å². The number of aromatic nitrogens is 2. The second-order valence-corrected chi connectivity index (χ2v) is 10.3. The molecule has 7 nitrogen and oxygen atoms in total. The van der Waals surface area contributed by atoms with Gasteiger partial charge in [0.15, 0.2) is 5.16 Å². The number of nitrogens with zero attached hydrogens (tertiary/aromatic N) is 3. The van der Waals surface area contributed by atoms with Crippen molar-refractivity contribution in [3.05, 3.63) is 65.5 Å². The van der Waals surface area contributed by atoms with Crippen LogP contribution in [0.2, 0.25) is 0 Å². The summed E-state index contributed by atoms with van der Waals surface area (Å²) in [5.41, 5.74) is 2.25. The van der Waals surface area contributed by atoms with E-state index >= 15 is 0 Å². The molecule has 3 N–H and O–H groups in total. The molecule has 10 heteroatoms. The van der Waals surface area contributed by atoms with Crippen molar-refractivity contribution in [2.75, 3.05) is 17.6 Å². The summed E-state index contributed by atoms with van der Waals surface area (Å²) < 4.78 is 36.2. The zero-order valence-electron chi connectivity index (χ0n) is 18.2. The fourth-order valence-electron chi connectivity index (χ4n) is 2.97. The molecule has 0 aliphatic rings. The Labute approximate surface area is 197 Å². The number of nitrogens with one attached hydrogen (secondary N) is 1. The summed E-state index contributed by atoms with van der Waals surface area (Å²) in [5.74, 6) is 1.27. The van der Waals surface area contributed by atoms with Crippen molar-refractivity contribution in [1.29, 1.82) is 5.26 Å². The molecule has 0 bridgehead atoms. The second kappa shape index (κ2) is 10.7. The van der Waals surface area contributed by atoms with Crippen molar-refractivity contribution in [1.82, 2.24) is 9.97 Å². The second-order valence-electron chi connectivity index (χ2n) is 7.77. The molecular weight excluding hydrogens is 461 g/mol. The number of thioether (sulfide) groups is 1. The van der Waals surface area contributed by atoms with Crippen molar-refractivity contribution in [3.8, 4) is 17.3 Å². The minimum Gasteiger partial charge on any atom is -0.368 e. The third-order valence-electron chi connectivity index (χ3n) is 4.62. The van der Waals surface area contributed by atoms with Crippen molar-refractivity contribution < 1.29 is 12.8 Å². The largest absolute Gasteiger partial charge is 0.368 e. The van der Waals surface area contributed by atoms with E-state index in [4.69, 9.17) is 5.14 Å². The number of benzene rings is 2. The first-order chi connectivity index (χ1) is 15.7. The van der Waals surface area contributed by atoms with Gasteiger partial charge >= 0.3 is 0 Å². The fourth-order valence-corrected chi connectivity index (χ4v) is 4.28. The summed E-state index contributed by atoms with van der Waals surface area (Å²) in [5, 5.41) is 18.7. The molecule has 1 heterocycles. The highest BCUT2D eigenvalue weighted by atomic mass is 32.2.